The fourth-order valence-corrected chi connectivity index (χ4v) is 5.46. The summed E-state index contributed by atoms with van der Waals surface area (Å²) < 4.78 is 16.0. The first kappa shape index (κ1) is 21.0. The molecule has 0 bridgehead atoms. The topological polar surface area (TPSA) is 50.2 Å². The van der Waals surface area contributed by atoms with E-state index in [0.29, 0.717) is 34.8 Å². The Morgan fingerprint density at radius 2 is 2.00 bits per heavy atom. The van der Waals surface area contributed by atoms with Crippen LogP contribution in [-0.2, 0) is 7.05 Å². The Morgan fingerprint density at radius 3 is 2.73 bits per heavy atom. The van der Waals surface area contributed by atoms with Crippen LogP contribution in [0.15, 0.2) is 30.3 Å². The normalized spacial score (nSPS) is 20.0. The number of piperidine rings is 1. The van der Waals surface area contributed by atoms with Gasteiger partial charge in [0.25, 0.3) is 5.91 Å². The summed E-state index contributed by atoms with van der Waals surface area (Å²) in [5.41, 5.74) is 1.03. The van der Waals surface area contributed by atoms with Gasteiger partial charge in [-0.25, -0.2) is 4.39 Å². The Hall–Kier alpha value is -2.25. The van der Waals surface area contributed by atoms with Crippen molar-refractivity contribution in [3.8, 4) is 11.3 Å². The molecule has 0 unspecified atom stereocenters. The summed E-state index contributed by atoms with van der Waals surface area (Å²) in [6, 6.07) is 9.68. The number of benzene rings is 1. The number of likely N-dealkylation sites (tertiary alicyclic amines) is 1. The van der Waals surface area contributed by atoms with Gasteiger partial charge in [0.05, 0.1) is 4.88 Å². The van der Waals surface area contributed by atoms with E-state index in [2.05, 4.69) is 29.2 Å². The predicted molar refractivity (Wildman–Crippen MR) is 120 cm³/mol. The fourth-order valence-electron chi connectivity index (χ4n) is 4.47. The van der Waals surface area contributed by atoms with Crippen LogP contribution in [0.1, 0.15) is 49.2 Å². The highest BCUT2D eigenvalue weighted by Gasteiger charge is 2.24. The molecule has 5 nitrogen and oxygen atoms in total. The van der Waals surface area contributed by atoms with Gasteiger partial charge in [-0.1, -0.05) is 18.6 Å². The number of aromatic nitrogens is 2. The van der Waals surface area contributed by atoms with E-state index in [1.165, 1.54) is 36.7 Å². The van der Waals surface area contributed by atoms with Gasteiger partial charge in [0.2, 0.25) is 0 Å². The van der Waals surface area contributed by atoms with Gasteiger partial charge in [0.15, 0.2) is 0 Å². The smallest absolute Gasteiger partial charge is 0.261 e. The summed E-state index contributed by atoms with van der Waals surface area (Å²) >= 11 is 1.40. The lowest BCUT2D eigenvalue weighted by Gasteiger charge is -2.39. The number of aryl methyl sites for hydroxylation is 1. The monoisotopic (exact) mass is 428 g/mol. The molecule has 2 aromatic heterocycles. The van der Waals surface area contributed by atoms with Crippen LogP contribution in [-0.4, -0.2) is 45.8 Å². The van der Waals surface area contributed by atoms with Crippen LogP contribution in [0.5, 0.6) is 0 Å². The Labute approximate surface area is 180 Å². The predicted octanol–water partition coefficient (Wildman–Crippen LogP) is 4.82. The standard InChI is InChI=1S/C23H29FN4OS/c1-15-8-6-9-16(2)28(15)13-7-12-25-22(29)20-14-18-21(26-27(3)23(18)30-20)17-10-4-5-11-19(17)24/h4-5,10-11,14-16H,6-9,12-13H2,1-3H3,(H,25,29)/t15-,16-/m0/s1. The lowest BCUT2D eigenvalue weighted by molar-refractivity contribution is 0.0929. The van der Waals surface area contributed by atoms with Crippen molar-refractivity contribution in [1.29, 1.82) is 0 Å². The van der Waals surface area contributed by atoms with Gasteiger partial charge in [0, 0.05) is 43.2 Å². The largest absolute Gasteiger partial charge is 0.351 e. The van der Waals surface area contributed by atoms with Gasteiger partial charge in [-0.05, 0) is 51.3 Å². The Kier molecular flexibility index (Phi) is 6.20. The quantitative estimate of drug-likeness (QED) is 0.573. The molecule has 4 rings (SSSR count). The third-order valence-corrected chi connectivity index (χ3v) is 7.32. The van der Waals surface area contributed by atoms with Gasteiger partial charge < -0.3 is 5.32 Å². The maximum Gasteiger partial charge on any atom is 0.261 e. The maximum atomic E-state index is 14.3. The van der Waals surface area contributed by atoms with Gasteiger partial charge in [0.1, 0.15) is 16.3 Å². The molecule has 0 radical (unpaired) electrons. The summed E-state index contributed by atoms with van der Waals surface area (Å²) in [6.45, 7) is 6.26. The molecule has 7 heteroatoms. The second-order valence-corrected chi connectivity index (χ2v) is 9.29. The van der Waals surface area contributed by atoms with E-state index in [9.17, 15) is 9.18 Å². The van der Waals surface area contributed by atoms with Crippen LogP contribution >= 0.6 is 11.3 Å². The number of amides is 1. The molecule has 30 heavy (non-hydrogen) atoms. The van der Waals surface area contributed by atoms with Crippen LogP contribution in [0.4, 0.5) is 4.39 Å². The molecule has 1 aliphatic heterocycles. The second kappa shape index (κ2) is 8.86. The number of carbonyl (C=O) groups excluding carboxylic acids is 1. The molecule has 3 heterocycles. The fraction of sp³-hybridized carbons (Fsp3) is 0.478. The number of thiophene rings is 1. The summed E-state index contributed by atoms with van der Waals surface area (Å²) in [5, 5.41) is 8.34. The van der Waals surface area contributed by atoms with E-state index in [-0.39, 0.29) is 11.7 Å². The highest BCUT2D eigenvalue weighted by atomic mass is 32.1. The molecule has 1 saturated heterocycles. The molecule has 1 N–H and O–H groups in total. The van der Waals surface area contributed by atoms with E-state index >= 15 is 0 Å². The number of hydrogen-bond donors (Lipinski definition) is 1. The molecule has 2 atom stereocenters. The highest BCUT2D eigenvalue weighted by Crippen LogP contribution is 2.34. The number of fused-ring (bicyclic) bond motifs is 1. The average Bonchev–Trinajstić information content (AvgIpc) is 3.28. The van der Waals surface area contributed by atoms with Crippen molar-refractivity contribution in [3.05, 3.63) is 41.0 Å². The van der Waals surface area contributed by atoms with Crippen molar-refractivity contribution in [2.75, 3.05) is 13.1 Å². The molecule has 1 fully saturated rings. The Morgan fingerprint density at radius 1 is 1.27 bits per heavy atom. The van der Waals surface area contributed by atoms with Gasteiger partial charge >= 0.3 is 0 Å². The summed E-state index contributed by atoms with van der Waals surface area (Å²) in [5.74, 6) is -0.383. The van der Waals surface area contributed by atoms with Crippen molar-refractivity contribution in [1.82, 2.24) is 20.0 Å². The van der Waals surface area contributed by atoms with Gasteiger partial charge in [-0.15, -0.1) is 11.3 Å². The number of carbonyl (C=O) groups is 1. The molecule has 1 amide bonds. The second-order valence-electron chi connectivity index (χ2n) is 8.26. The summed E-state index contributed by atoms with van der Waals surface area (Å²) in [4.78, 5) is 16.8. The van der Waals surface area contributed by atoms with E-state index in [0.717, 1.165) is 23.2 Å². The van der Waals surface area contributed by atoms with Crippen LogP contribution in [0.3, 0.4) is 0 Å². The van der Waals surface area contributed by atoms with Crippen molar-refractivity contribution in [2.24, 2.45) is 7.05 Å². The number of rotatable bonds is 6. The minimum absolute atomic E-state index is 0.0737. The molecule has 3 aromatic rings. The number of hydrogen-bond acceptors (Lipinski definition) is 4. The van der Waals surface area contributed by atoms with Crippen LogP contribution in [0.2, 0.25) is 0 Å². The molecule has 0 saturated carbocycles. The van der Waals surface area contributed by atoms with Crippen molar-refractivity contribution in [2.45, 2.75) is 51.6 Å². The minimum Gasteiger partial charge on any atom is -0.351 e. The first-order valence-electron chi connectivity index (χ1n) is 10.7. The highest BCUT2D eigenvalue weighted by molar-refractivity contribution is 7.20. The zero-order chi connectivity index (χ0) is 21.3. The van der Waals surface area contributed by atoms with Crippen molar-refractivity contribution >= 4 is 27.5 Å². The minimum atomic E-state index is -0.309. The van der Waals surface area contributed by atoms with E-state index in [1.807, 2.05) is 13.1 Å². The summed E-state index contributed by atoms with van der Waals surface area (Å²) in [6.07, 6.45) is 4.77. The van der Waals surface area contributed by atoms with E-state index < -0.39 is 0 Å². The molecule has 0 spiro atoms. The van der Waals surface area contributed by atoms with Crippen molar-refractivity contribution < 1.29 is 9.18 Å². The molecular formula is C23H29FN4OS. The van der Waals surface area contributed by atoms with Gasteiger partial charge in [-0.3, -0.25) is 14.4 Å². The average molecular weight is 429 g/mol. The Bertz CT molecular complexity index is 1030. The first-order valence-corrected chi connectivity index (χ1v) is 11.5. The number of nitrogens with one attached hydrogen (secondary N) is 1. The Balaban J connectivity index is 1.42. The third kappa shape index (κ3) is 4.14. The van der Waals surface area contributed by atoms with E-state index in [1.54, 1.807) is 22.9 Å². The molecular weight excluding hydrogens is 399 g/mol. The first-order chi connectivity index (χ1) is 14.5. The van der Waals surface area contributed by atoms with Gasteiger partial charge in [-0.2, -0.15) is 5.10 Å². The lowest BCUT2D eigenvalue weighted by atomic mass is 9.97. The van der Waals surface area contributed by atoms with Crippen molar-refractivity contribution in [3.63, 3.8) is 0 Å². The molecule has 0 aliphatic carbocycles. The van der Waals surface area contributed by atoms with E-state index in [4.69, 9.17) is 0 Å². The maximum absolute atomic E-state index is 14.3. The third-order valence-electron chi connectivity index (χ3n) is 6.12. The zero-order valence-electron chi connectivity index (χ0n) is 17.8. The molecule has 160 valence electrons. The van der Waals surface area contributed by atoms with Crippen LogP contribution < -0.4 is 5.32 Å². The zero-order valence-corrected chi connectivity index (χ0v) is 18.6. The van der Waals surface area contributed by atoms with Crippen LogP contribution in [0.25, 0.3) is 21.5 Å². The summed E-state index contributed by atoms with van der Waals surface area (Å²) in [7, 11) is 1.83. The number of halogens is 1. The van der Waals surface area contributed by atoms with Crippen LogP contribution in [0, 0.1) is 5.82 Å². The molecule has 1 aromatic carbocycles. The number of nitrogens with zero attached hydrogens (tertiary/aromatic N) is 3. The lowest BCUT2D eigenvalue weighted by Crippen LogP contribution is -2.44. The molecule has 1 aliphatic rings. The SMILES string of the molecule is C[C@H]1CCC[C@H](C)N1CCCNC(=O)c1cc2c(-c3ccccc3F)nn(C)c2s1.